The second-order valence-corrected chi connectivity index (χ2v) is 7.13. The highest BCUT2D eigenvalue weighted by atomic mass is 32.2. The first-order chi connectivity index (χ1) is 11.5. The lowest BCUT2D eigenvalue weighted by Gasteiger charge is -2.09. The molecular formula is C17H16FN3O2S. The van der Waals surface area contributed by atoms with Gasteiger partial charge in [0.05, 0.1) is 17.8 Å². The van der Waals surface area contributed by atoms with Crippen molar-refractivity contribution >= 4 is 10.0 Å². The van der Waals surface area contributed by atoms with Crippen LogP contribution in [0.15, 0.2) is 67.3 Å². The fourth-order valence-corrected chi connectivity index (χ4v) is 3.43. The van der Waals surface area contributed by atoms with Gasteiger partial charge in [0, 0.05) is 18.9 Å². The van der Waals surface area contributed by atoms with Gasteiger partial charge in [0.1, 0.15) is 5.82 Å². The average Bonchev–Trinajstić information content (AvgIpc) is 3.08. The monoisotopic (exact) mass is 345 g/mol. The summed E-state index contributed by atoms with van der Waals surface area (Å²) in [5.41, 5.74) is 1.61. The van der Waals surface area contributed by atoms with E-state index in [1.54, 1.807) is 53.4 Å². The highest BCUT2D eigenvalue weighted by Crippen LogP contribution is 2.15. The molecule has 3 aromatic rings. The third-order valence-corrected chi connectivity index (χ3v) is 4.79. The number of aromatic nitrogens is 2. The Morgan fingerprint density at radius 2 is 1.88 bits per heavy atom. The molecular weight excluding hydrogens is 329 g/mol. The van der Waals surface area contributed by atoms with Crippen LogP contribution in [0.2, 0.25) is 0 Å². The van der Waals surface area contributed by atoms with Crippen molar-refractivity contribution < 1.29 is 12.8 Å². The molecule has 1 heterocycles. The van der Waals surface area contributed by atoms with Crippen LogP contribution in [0.3, 0.4) is 0 Å². The fraction of sp³-hybridized carbons (Fsp3) is 0.118. The van der Waals surface area contributed by atoms with Gasteiger partial charge in [-0.15, -0.1) is 0 Å². The molecule has 0 saturated heterocycles. The molecule has 0 saturated carbocycles. The van der Waals surface area contributed by atoms with Crippen molar-refractivity contribution in [2.45, 2.75) is 12.3 Å². The fourth-order valence-electron chi connectivity index (χ4n) is 2.31. The molecule has 3 rings (SSSR count). The third-order valence-electron chi connectivity index (χ3n) is 3.49. The molecule has 1 aromatic heterocycles. The minimum absolute atomic E-state index is 0.0380. The number of nitrogens with one attached hydrogen (secondary N) is 1. The van der Waals surface area contributed by atoms with Crippen LogP contribution in [0.1, 0.15) is 11.1 Å². The van der Waals surface area contributed by atoms with Gasteiger partial charge in [0.15, 0.2) is 0 Å². The molecule has 0 radical (unpaired) electrons. The summed E-state index contributed by atoms with van der Waals surface area (Å²) >= 11 is 0. The topological polar surface area (TPSA) is 64.0 Å². The van der Waals surface area contributed by atoms with Crippen LogP contribution in [-0.4, -0.2) is 18.0 Å². The van der Waals surface area contributed by atoms with Crippen LogP contribution in [0.25, 0.3) is 5.69 Å². The van der Waals surface area contributed by atoms with Crippen molar-refractivity contribution in [3.05, 3.63) is 84.2 Å². The van der Waals surface area contributed by atoms with Crippen molar-refractivity contribution in [2.75, 3.05) is 0 Å². The van der Waals surface area contributed by atoms with Gasteiger partial charge in [-0.1, -0.05) is 36.4 Å². The molecule has 1 N–H and O–H groups in total. The van der Waals surface area contributed by atoms with E-state index in [2.05, 4.69) is 9.71 Å². The van der Waals surface area contributed by atoms with Crippen LogP contribution in [-0.2, 0) is 22.3 Å². The van der Waals surface area contributed by atoms with Gasteiger partial charge in [-0.05, 0) is 23.3 Å². The maximum Gasteiger partial charge on any atom is 0.216 e. The predicted octanol–water partition coefficient (Wildman–Crippen LogP) is 2.63. The molecule has 0 spiro atoms. The van der Waals surface area contributed by atoms with Gasteiger partial charge in [-0.2, -0.15) is 0 Å². The molecule has 0 aliphatic carbocycles. The second-order valence-electron chi connectivity index (χ2n) is 5.32. The van der Waals surface area contributed by atoms with Crippen molar-refractivity contribution in [3.63, 3.8) is 0 Å². The molecule has 5 nitrogen and oxygen atoms in total. The molecule has 0 unspecified atom stereocenters. The minimum atomic E-state index is -3.49. The highest BCUT2D eigenvalue weighted by Gasteiger charge is 2.12. The van der Waals surface area contributed by atoms with E-state index >= 15 is 0 Å². The van der Waals surface area contributed by atoms with E-state index in [9.17, 15) is 12.8 Å². The Kier molecular flexibility index (Phi) is 4.73. The molecule has 24 heavy (non-hydrogen) atoms. The summed E-state index contributed by atoms with van der Waals surface area (Å²) in [6.45, 7) is 0.0380. The van der Waals surface area contributed by atoms with Gasteiger partial charge in [0.25, 0.3) is 0 Å². The average molecular weight is 345 g/mol. The molecule has 124 valence electrons. The Morgan fingerprint density at radius 3 is 2.54 bits per heavy atom. The summed E-state index contributed by atoms with van der Waals surface area (Å²) in [7, 11) is -3.49. The van der Waals surface area contributed by atoms with E-state index in [-0.39, 0.29) is 12.3 Å². The van der Waals surface area contributed by atoms with E-state index in [0.29, 0.717) is 16.8 Å². The van der Waals surface area contributed by atoms with Gasteiger partial charge < -0.3 is 4.57 Å². The van der Waals surface area contributed by atoms with Crippen molar-refractivity contribution in [1.82, 2.24) is 14.3 Å². The zero-order chi connectivity index (χ0) is 17.0. The van der Waals surface area contributed by atoms with Gasteiger partial charge >= 0.3 is 0 Å². The number of hydrogen-bond acceptors (Lipinski definition) is 3. The number of sulfonamides is 1. The lowest BCUT2D eigenvalue weighted by atomic mass is 10.2. The van der Waals surface area contributed by atoms with Gasteiger partial charge in [-0.25, -0.2) is 22.5 Å². The number of benzene rings is 2. The second kappa shape index (κ2) is 6.94. The number of imidazole rings is 1. The van der Waals surface area contributed by atoms with Crippen LogP contribution < -0.4 is 4.72 Å². The SMILES string of the molecule is O=S(=O)(Cc1ccccc1)NCc1ccc(-n2ccnc2)c(F)c1. The van der Waals surface area contributed by atoms with E-state index in [1.807, 2.05) is 6.07 Å². The summed E-state index contributed by atoms with van der Waals surface area (Å²) in [6.07, 6.45) is 4.70. The Balaban J connectivity index is 1.67. The maximum absolute atomic E-state index is 14.2. The molecule has 2 aromatic carbocycles. The molecule has 0 aliphatic heterocycles. The predicted molar refractivity (Wildman–Crippen MR) is 89.4 cm³/mol. The first-order valence-electron chi connectivity index (χ1n) is 7.31. The quantitative estimate of drug-likeness (QED) is 0.747. The zero-order valence-electron chi connectivity index (χ0n) is 12.8. The van der Waals surface area contributed by atoms with E-state index < -0.39 is 15.8 Å². The Bertz CT molecular complexity index is 910. The van der Waals surface area contributed by atoms with Gasteiger partial charge in [-0.3, -0.25) is 0 Å². The van der Waals surface area contributed by atoms with Crippen LogP contribution in [0.4, 0.5) is 4.39 Å². The Labute approximate surface area is 139 Å². The maximum atomic E-state index is 14.2. The molecule has 0 amide bonds. The first kappa shape index (κ1) is 16.4. The summed E-state index contributed by atoms with van der Waals surface area (Å²) in [5.74, 6) is -0.545. The molecule has 0 atom stereocenters. The summed E-state index contributed by atoms with van der Waals surface area (Å²) in [6, 6.07) is 13.5. The van der Waals surface area contributed by atoms with E-state index in [0.717, 1.165) is 0 Å². The van der Waals surface area contributed by atoms with Crippen molar-refractivity contribution in [3.8, 4) is 5.69 Å². The Hall–Kier alpha value is -2.51. The summed E-state index contributed by atoms with van der Waals surface area (Å²) < 4.78 is 42.4. The third kappa shape index (κ3) is 4.06. The number of nitrogens with zero attached hydrogens (tertiary/aromatic N) is 2. The Morgan fingerprint density at radius 1 is 1.08 bits per heavy atom. The molecule has 0 aliphatic rings. The smallest absolute Gasteiger partial charge is 0.216 e. The normalized spacial score (nSPS) is 11.5. The lowest BCUT2D eigenvalue weighted by Crippen LogP contribution is -2.24. The number of halogens is 1. The zero-order valence-corrected chi connectivity index (χ0v) is 13.6. The number of rotatable bonds is 6. The standard InChI is InChI=1S/C17H16FN3O2S/c18-16-10-15(6-7-17(16)21-9-8-19-13-21)11-20-24(22,23)12-14-4-2-1-3-5-14/h1-10,13,20H,11-12H2. The van der Waals surface area contributed by atoms with Crippen molar-refractivity contribution in [1.29, 1.82) is 0 Å². The summed E-state index contributed by atoms with van der Waals surface area (Å²) in [4.78, 5) is 3.88. The van der Waals surface area contributed by atoms with Crippen LogP contribution in [0.5, 0.6) is 0 Å². The molecule has 0 bridgehead atoms. The highest BCUT2D eigenvalue weighted by molar-refractivity contribution is 7.88. The van der Waals surface area contributed by atoms with Crippen molar-refractivity contribution in [2.24, 2.45) is 0 Å². The van der Waals surface area contributed by atoms with E-state index in [4.69, 9.17) is 0 Å². The first-order valence-corrected chi connectivity index (χ1v) is 8.97. The molecule has 0 fully saturated rings. The van der Waals surface area contributed by atoms with E-state index in [1.165, 1.54) is 12.4 Å². The van der Waals surface area contributed by atoms with Crippen LogP contribution in [0, 0.1) is 5.82 Å². The molecule has 7 heteroatoms. The lowest BCUT2D eigenvalue weighted by molar-refractivity contribution is 0.579. The van der Waals surface area contributed by atoms with Gasteiger partial charge in [0.2, 0.25) is 10.0 Å². The number of hydrogen-bond donors (Lipinski definition) is 1. The minimum Gasteiger partial charge on any atom is -0.303 e. The summed E-state index contributed by atoms with van der Waals surface area (Å²) in [5, 5.41) is 0. The van der Waals surface area contributed by atoms with Crippen LogP contribution >= 0.6 is 0 Å². The largest absolute Gasteiger partial charge is 0.303 e.